The molecule has 7 nitrogen and oxygen atoms in total. The standard InChI is InChI=1S/C21H22N4O3S/c1-27-17-9-4-15(5-10-17)6-13-20(26)22-14-19-23-24-21(29-3)25(19)16-7-11-18(28-2)12-8-16/h4-13H,14H2,1-3H3,(H,22,26). The number of carbonyl (C=O) groups excluding carboxylic acids is 1. The number of methoxy groups -OCH3 is 2. The van der Waals surface area contributed by atoms with Crippen molar-refractivity contribution >= 4 is 23.7 Å². The molecule has 0 spiro atoms. The van der Waals surface area contributed by atoms with Gasteiger partial charge in [0.25, 0.3) is 0 Å². The second kappa shape index (κ2) is 9.79. The number of aromatic nitrogens is 3. The molecule has 0 fully saturated rings. The third-order valence-electron chi connectivity index (χ3n) is 4.18. The van der Waals surface area contributed by atoms with Crippen molar-refractivity contribution in [3.05, 3.63) is 66.0 Å². The summed E-state index contributed by atoms with van der Waals surface area (Å²) in [6, 6.07) is 15.1. The van der Waals surface area contributed by atoms with Gasteiger partial charge >= 0.3 is 0 Å². The quantitative estimate of drug-likeness (QED) is 0.453. The fourth-order valence-corrected chi connectivity index (χ4v) is 3.17. The van der Waals surface area contributed by atoms with Crippen LogP contribution >= 0.6 is 11.8 Å². The highest BCUT2D eigenvalue weighted by Crippen LogP contribution is 2.22. The van der Waals surface area contributed by atoms with Crippen LogP contribution in [0, 0.1) is 0 Å². The molecule has 8 heteroatoms. The Kier molecular flexibility index (Phi) is 6.91. The van der Waals surface area contributed by atoms with Gasteiger partial charge in [0.15, 0.2) is 11.0 Å². The predicted octanol–water partition coefficient (Wildman–Crippen LogP) is 3.34. The van der Waals surface area contributed by atoms with Gasteiger partial charge in [-0.3, -0.25) is 9.36 Å². The molecular weight excluding hydrogens is 388 g/mol. The van der Waals surface area contributed by atoms with Crippen molar-refractivity contribution in [3.8, 4) is 17.2 Å². The molecule has 0 saturated carbocycles. The summed E-state index contributed by atoms with van der Waals surface area (Å²) < 4.78 is 12.3. The molecule has 0 aliphatic carbocycles. The summed E-state index contributed by atoms with van der Waals surface area (Å²) >= 11 is 1.49. The van der Waals surface area contributed by atoms with E-state index in [1.165, 1.54) is 17.8 Å². The number of ether oxygens (including phenoxy) is 2. The van der Waals surface area contributed by atoms with Gasteiger partial charge in [-0.25, -0.2) is 0 Å². The van der Waals surface area contributed by atoms with Crippen molar-refractivity contribution in [2.75, 3.05) is 20.5 Å². The summed E-state index contributed by atoms with van der Waals surface area (Å²) in [5, 5.41) is 12.0. The van der Waals surface area contributed by atoms with Gasteiger partial charge < -0.3 is 14.8 Å². The summed E-state index contributed by atoms with van der Waals surface area (Å²) in [6.07, 6.45) is 5.17. The molecule has 0 unspecified atom stereocenters. The lowest BCUT2D eigenvalue weighted by molar-refractivity contribution is -0.116. The predicted molar refractivity (Wildman–Crippen MR) is 114 cm³/mol. The normalized spacial score (nSPS) is 10.9. The molecule has 0 aliphatic rings. The van der Waals surface area contributed by atoms with E-state index in [1.807, 2.05) is 59.4 Å². The zero-order valence-corrected chi connectivity index (χ0v) is 17.3. The molecule has 0 saturated heterocycles. The SMILES string of the molecule is COc1ccc(C=CC(=O)NCc2nnc(SC)n2-c2ccc(OC)cc2)cc1. The van der Waals surface area contributed by atoms with Crippen LogP contribution in [0.5, 0.6) is 11.5 Å². The molecule has 0 aliphatic heterocycles. The van der Waals surface area contributed by atoms with E-state index in [-0.39, 0.29) is 12.5 Å². The Hall–Kier alpha value is -3.26. The van der Waals surface area contributed by atoms with Crippen LogP contribution in [0.3, 0.4) is 0 Å². The first kappa shape index (κ1) is 20.5. The molecule has 29 heavy (non-hydrogen) atoms. The summed E-state index contributed by atoms with van der Waals surface area (Å²) in [6.45, 7) is 0.255. The largest absolute Gasteiger partial charge is 0.497 e. The van der Waals surface area contributed by atoms with Crippen LogP contribution in [0.2, 0.25) is 0 Å². The van der Waals surface area contributed by atoms with Crippen molar-refractivity contribution in [1.29, 1.82) is 0 Å². The van der Waals surface area contributed by atoms with Crippen molar-refractivity contribution in [2.45, 2.75) is 11.7 Å². The first-order chi connectivity index (χ1) is 14.1. The monoisotopic (exact) mass is 410 g/mol. The Morgan fingerprint density at radius 2 is 1.66 bits per heavy atom. The third-order valence-corrected chi connectivity index (χ3v) is 4.81. The number of hydrogen-bond acceptors (Lipinski definition) is 6. The van der Waals surface area contributed by atoms with Crippen LogP contribution in [0.1, 0.15) is 11.4 Å². The minimum Gasteiger partial charge on any atom is -0.497 e. The summed E-state index contributed by atoms with van der Waals surface area (Å²) in [5.41, 5.74) is 1.81. The van der Waals surface area contributed by atoms with Crippen molar-refractivity contribution < 1.29 is 14.3 Å². The van der Waals surface area contributed by atoms with Gasteiger partial charge in [0.1, 0.15) is 11.5 Å². The number of benzene rings is 2. The zero-order chi connectivity index (χ0) is 20.6. The molecule has 1 amide bonds. The van der Waals surface area contributed by atoms with Gasteiger partial charge in [-0.05, 0) is 54.3 Å². The molecule has 150 valence electrons. The third kappa shape index (κ3) is 5.17. The molecule has 0 radical (unpaired) electrons. The van der Waals surface area contributed by atoms with Crippen LogP contribution in [0.15, 0.2) is 59.8 Å². The van der Waals surface area contributed by atoms with E-state index in [9.17, 15) is 4.79 Å². The highest BCUT2D eigenvalue weighted by atomic mass is 32.2. The average Bonchev–Trinajstić information content (AvgIpc) is 3.19. The number of nitrogens with one attached hydrogen (secondary N) is 1. The maximum atomic E-state index is 12.2. The molecule has 0 bridgehead atoms. The van der Waals surface area contributed by atoms with Gasteiger partial charge in [0.2, 0.25) is 5.91 Å². The Balaban J connectivity index is 1.68. The molecular formula is C21H22N4O3S. The lowest BCUT2D eigenvalue weighted by atomic mass is 10.2. The maximum Gasteiger partial charge on any atom is 0.244 e. The number of rotatable bonds is 8. The van der Waals surface area contributed by atoms with Crippen LogP contribution in [-0.4, -0.2) is 41.1 Å². The lowest BCUT2D eigenvalue weighted by Crippen LogP contribution is -2.22. The zero-order valence-electron chi connectivity index (χ0n) is 16.5. The number of hydrogen-bond donors (Lipinski definition) is 1. The first-order valence-corrected chi connectivity index (χ1v) is 10.1. The van der Waals surface area contributed by atoms with Crippen LogP contribution in [0.4, 0.5) is 0 Å². The summed E-state index contributed by atoms with van der Waals surface area (Å²) in [7, 11) is 3.24. The molecule has 1 N–H and O–H groups in total. The number of nitrogens with zero attached hydrogens (tertiary/aromatic N) is 3. The Bertz CT molecular complexity index is 982. The van der Waals surface area contributed by atoms with Gasteiger partial charge in [-0.15, -0.1) is 10.2 Å². The minimum atomic E-state index is -0.212. The van der Waals surface area contributed by atoms with Crippen LogP contribution in [-0.2, 0) is 11.3 Å². The number of amides is 1. The smallest absolute Gasteiger partial charge is 0.244 e. The fourth-order valence-electron chi connectivity index (χ4n) is 2.65. The second-order valence-electron chi connectivity index (χ2n) is 5.96. The van der Waals surface area contributed by atoms with Crippen molar-refractivity contribution in [1.82, 2.24) is 20.1 Å². The van der Waals surface area contributed by atoms with Crippen molar-refractivity contribution in [3.63, 3.8) is 0 Å². The van der Waals surface area contributed by atoms with E-state index in [1.54, 1.807) is 20.3 Å². The molecule has 3 aromatic rings. The first-order valence-electron chi connectivity index (χ1n) is 8.87. The average molecular weight is 410 g/mol. The van der Waals surface area contributed by atoms with Gasteiger partial charge in [0, 0.05) is 11.8 Å². The summed E-state index contributed by atoms with van der Waals surface area (Å²) in [5.74, 6) is 1.97. The Morgan fingerprint density at radius 1 is 1.03 bits per heavy atom. The van der Waals surface area contributed by atoms with E-state index < -0.39 is 0 Å². The Labute approximate surface area is 173 Å². The minimum absolute atomic E-state index is 0.212. The molecule has 0 atom stereocenters. The number of thioether (sulfide) groups is 1. The van der Waals surface area contributed by atoms with Crippen molar-refractivity contribution in [2.24, 2.45) is 0 Å². The van der Waals surface area contributed by atoms with Gasteiger partial charge in [-0.1, -0.05) is 23.9 Å². The molecule has 2 aromatic carbocycles. The highest BCUT2D eigenvalue weighted by molar-refractivity contribution is 7.98. The lowest BCUT2D eigenvalue weighted by Gasteiger charge is -2.10. The van der Waals surface area contributed by atoms with Gasteiger partial charge in [0.05, 0.1) is 20.8 Å². The van der Waals surface area contributed by atoms with E-state index >= 15 is 0 Å². The molecule has 3 rings (SSSR count). The second-order valence-corrected chi connectivity index (χ2v) is 6.73. The number of carbonyl (C=O) groups is 1. The van der Waals surface area contributed by atoms with Crippen LogP contribution in [0.25, 0.3) is 11.8 Å². The topological polar surface area (TPSA) is 78.3 Å². The van der Waals surface area contributed by atoms with E-state index in [4.69, 9.17) is 9.47 Å². The Morgan fingerprint density at radius 3 is 2.24 bits per heavy atom. The maximum absolute atomic E-state index is 12.2. The molecule has 1 aromatic heterocycles. The van der Waals surface area contributed by atoms with Gasteiger partial charge in [-0.2, -0.15) is 0 Å². The fraction of sp³-hybridized carbons (Fsp3) is 0.190. The van der Waals surface area contributed by atoms with E-state index in [0.29, 0.717) is 5.82 Å². The highest BCUT2D eigenvalue weighted by Gasteiger charge is 2.13. The summed E-state index contributed by atoms with van der Waals surface area (Å²) in [4.78, 5) is 12.2. The van der Waals surface area contributed by atoms with E-state index in [0.717, 1.165) is 27.9 Å². The molecule has 1 heterocycles. The van der Waals surface area contributed by atoms with E-state index in [2.05, 4.69) is 15.5 Å². The van der Waals surface area contributed by atoms with Crippen LogP contribution < -0.4 is 14.8 Å².